The second-order valence-electron chi connectivity index (χ2n) is 5.20. The summed E-state index contributed by atoms with van der Waals surface area (Å²) in [6.07, 6.45) is 0.677. The molecule has 1 aliphatic heterocycles. The zero-order valence-corrected chi connectivity index (χ0v) is 13.9. The van der Waals surface area contributed by atoms with Crippen molar-refractivity contribution in [3.63, 3.8) is 0 Å². The van der Waals surface area contributed by atoms with Gasteiger partial charge in [0.05, 0.1) is 10.6 Å². The molecule has 2 aromatic rings. The highest BCUT2D eigenvalue weighted by Gasteiger charge is 2.35. The van der Waals surface area contributed by atoms with E-state index in [0.717, 1.165) is 15.7 Å². The van der Waals surface area contributed by atoms with Crippen molar-refractivity contribution in [3.05, 3.63) is 52.5 Å². The molecule has 0 aromatic heterocycles. The minimum Gasteiger partial charge on any atom is -0.399 e. The molecular weight excluding hydrogens is 352 g/mol. The van der Waals surface area contributed by atoms with Crippen molar-refractivity contribution < 1.29 is 8.42 Å². The van der Waals surface area contributed by atoms with Gasteiger partial charge < -0.3 is 5.73 Å². The lowest BCUT2D eigenvalue weighted by Gasteiger charge is -2.24. The van der Waals surface area contributed by atoms with Crippen LogP contribution in [0, 0.1) is 0 Å². The lowest BCUT2D eigenvalue weighted by molar-refractivity contribution is 0.584. The van der Waals surface area contributed by atoms with E-state index in [1.807, 2.05) is 13.0 Å². The van der Waals surface area contributed by atoms with Gasteiger partial charge in [0.25, 0.3) is 10.0 Å². The number of halogens is 1. The summed E-state index contributed by atoms with van der Waals surface area (Å²) in [7, 11) is -3.56. The minimum atomic E-state index is -3.56. The Kier molecular flexibility index (Phi) is 3.45. The zero-order chi connectivity index (χ0) is 15.2. The van der Waals surface area contributed by atoms with Gasteiger partial charge in [-0.25, -0.2) is 8.42 Å². The Morgan fingerprint density at radius 2 is 1.86 bits per heavy atom. The lowest BCUT2D eigenvalue weighted by atomic mass is 10.1. The molecule has 1 heterocycles. The van der Waals surface area contributed by atoms with Crippen LogP contribution in [-0.4, -0.2) is 14.5 Å². The van der Waals surface area contributed by atoms with Crippen LogP contribution in [0.2, 0.25) is 0 Å². The maximum absolute atomic E-state index is 12.9. The average Bonchev–Trinajstić information content (AvgIpc) is 2.74. The smallest absolute Gasteiger partial charge is 0.264 e. The van der Waals surface area contributed by atoms with Gasteiger partial charge in [0.15, 0.2) is 0 Å². The minimum absolute atomic E-state index is 0.115. The predicted molar refractivity (Wildman–Crippen MR) is 87.8 cm³/mol. The van der Waals surface area contributed by atoms with Gasteiger partial charge in [-0.1, -0.05) is 15.9 Å². The van der Waals surface area contributed by atoms with Crippen LogP contribution in [0.4, 0.5) is 11.4 Å². The van der Waals surface area contributed by atoms with Crippen molar-refractivity contribution in [2.75, 3.05) is 10.0 Å². The number of nitrogen functional groups attached to an aromatic ring is 1. The topological polar surface area (TPSA) is 63.4 Å². The predicted octanol–water partition coefficient (Wildman–Crippen LogP) is 3.17. The molecule has 3 rings (SSSR count). The van der Waals surface area contributed by atoms with E-state index < -0.39 is 10.0 Å². The molecule has 0 radical (unpaired) electrons. The molecule has 4 nitrogen and oxygen atoms in total. The fraction of sp³-hybridized carbons (Fsp3) is 0.200. The highest BCUT2D eigenvalue weighted by molar-refractivity contribution is 9.10. The van der Waals surface area contributed by atoms with Gasteiger partial charge in [-0.2, -0.15) is 0 Å². The summed E-state index contributed by atoms with van der Waals surface area (Å²) in [5, 5.41) is 0. The Bertz CT molecular complexity index is 788. The number of rotatable bonds is 2. The van der Waals surface area contributed by atoms with Crippen LogP contribution in [0.25, 0.3) is 0 Å². The van der Waals surface area contributed by atoms with Crippen LogP contribution >= 0.6 is 15.9 Å². The van der Waals surface area contributed by atoms with Crippen LogP contribution in [0.15, 0.2) is 51.8 Å². The number of benzene rings is 2. The third kappa shape index (κ3) is 2.42. The van der Waals surface area contributed by atoms with E-state index >= 15 is 0 Å². The maximum Gasteiger partial charge on any atom is 0.264 e. The molecule has 21 heavy (non-hydrogen) atoms. The van der Waals surface area contributed by atoms with Crippen molar-refractivity contribution in [1.29, 1.82) is 0 Å². The first kappa shape index (κ1) is 14.4. The van der Waals surface area contributed by atoms with E-state index in [-0.39, 0.29) is 6.04 Å². The van der Waals surface area contributed by atoms with Crippen LogP contribution in [-0.2, 0) is 16.4 Å². The summed E-state index contributed by atoms with van der Waals surface area (Å²) in [5.41, 5.74) is 8.14. The summed E-state index contributed by atoms with van der Waals surface area (Å²) in [5.74, 6) is 0. The van der Waals surface area contributed by atoms with Crippen molar-refractivity contribution >= 4 is 37.3 Å². The summed E-state index contributed by atoms with van der Waals surface area (Å²) < 4.78 is 28.1. The van der Waals surface area contributed by atoms with Crippen molar-refractivity contribution in [2.45, 2.75) is 24.3 Å². The van der Waals surface area contributed by atoms with Crippen LogP contribution in [0.1, 0.15) is 12.5 Å². The molecule has 2 N–H and O–H groups in total. The molecule has 0 bridgehead atoms. The van der Waals surface area contributed by atoms with Gasteiger partial charge >= 0.3 is 0 Å². The van der Waals surface area contributed by atoms with Gasteiger partial charge in [0, 0.05) is 16.2 Å². The van der Waals surface area contributed by atoms with E-state index in [1.165, 1.54) is 4.31 Å². The Balaban J connectivity index is 2.10. The molecule has 2 aromatic carbocycles. The fourth-order valence-corrected chi connectivity index (χ4v) is 4.67. The third-order valence-corrected chi connectivity index (χ3v) is 6.10. The molecule has 0 saturated heterocycles. The Morgan fingerprint density at radius 1 is 1.19 bits per heavy atom. The Hall–Kier alpha value is -1.53. The number of fused-ring (bicyclic) bond motifs is 1. The van der Waals surface area contributed by atoms with E-state index in [2.05, 4.69) is 15.9 Å². The zero-order valence-electron chi connectivity index (χ0n) is 11.5. The van der Waals surface area contributed by atoms with Crippen molar-refractivity contribution in [3.8, 4) is 0 Å². The molecule has 1 aliphatic rings. The SMILES string of the molecule is CC1Cc2cc(N)ccc2N1S(=O)(=O)c1ccc(Br)cc1. The molecule has 0 amide bonds. The molecule has 0 fully saturated rings. The number of nitrogens with zero attached hydrogens (tertiary/aromatic N) is 1. The maximum atomic E-state index is 12.9. The Morgan fingerprint density at radius 3 is 2.52 bits per heavy atom. The lowest BCUT2D eigenvalue weighted by Crippen LogP contribution is -2.35. The summed E-state index contributed by atoms with van der Waals surface area (Å²) >= 11 is 3.32. The van der Waals surface area contributed by atoms with Gasteiger partial charge in [-0.15, -0.1) is 0 Å². The van der Waals surface area contributed by atoms with Crippen LogP contribution in [0.5, 0.6) is 0 Å². The second-order valence-corrected chi connectivity index (χ2v) is 7.93. The van der Waals surface area contributed by atoms with Gasteiger partial charge in [0.2, 0.25) is 0 Å². The number of hydrogen-bond acceptors (Lipinski definition) is 3. The Labute approximate surface area is 132 Å². The number of sulfonamides is 1. The molecule has 0 aliphatic carbocycles. The first-order valence-electron chi connectivity index (χ1n) is 6.58. The molecular formula is C15H15BrN2O2S. The normalized spacial score (nSPS) is 17.8. The van der Waals surface area contributed by atoms with Crippen LogP contribution in [0.3, 0.4) is 0 Å². The molecule has 1 unspecified atom stereocenters. The first-order valence-corrected chi connectivity index (χ1v) is 8.81. The molecule has 6 heteroatoms. The standard InChI is InChI=1S/C15H15BrN2O2S/c1-10-8-11-9-13(17)4-7-15(11)18(10)21(19,20)14-5-2-12(16)3-6-14/h2-7,9-10H,8,17H2,1H3. The second kappa shape index (κ2) is 5.03. The van der Waals surface area contributed by atoms with E-state index in [1.54, 1.807) is 36.4 Å². The van der Waals surface area contributed by atoms with Gasteiger partial charge in [-0.3, -0.25) is 4.31 Å². The number of nitrogens with two attached hydrogens (primary N) is 1. The van der Waals surface area contributed by atoms with Gasteiger partial charge in [0.1, 0.15) is 0 Å². The quantitative estimate of drug-likeness (QED) is 0.830. The molecule has 0 spiro atoms. The summed E-state index contributed by atoms with van der Waals surface area (Å²) in [6.45, 7) is 1.91. The first-order chi connectivity index (χ1) is 9.89. The van der Waals surface area contributed by atoms with E-state index in [9.17, 15) is 8.42 Å². The van der Waals surface area contributed by atoms with Gasteiger partial charge in [-0.05, 0) is 61.4 Å². The number of anilines is 2. The summed E-state index contributed by atoms with van der Waals surface area (Å²) in [4.78, 5) is 0.294. The largest absolute Gasteiger partial charge is 0.399 e. The molecule has 0 saturated carbocycles. The van der Waals surface area contributed by atoms with Crippen molar-refractivity contribution in [1.82, 2.24) is 0 Å². The highest BCUT2D eigenvalue weighted by atomic mass is 79.9. The van der Waals surface area contributed by atoms with E-state index in [0.29, 0.717) is 17.0 Å². The monoisotopic (exact) mass is 366 g/mol. The third-order valence-electron chi connectivity index (χ3n) is 3.63. The molecule has 1 atom stereocenters. The molecule has 110 valence electrons. The fourth-order valence-electron chi connectivity index (χ4n) is 2.71. The average molecular weight is 367 g/mol. The number of hydrogen-bond donors (Lipinski definition) is 1. The summed E-state index contributed by atoms with van der Waals surface area (Å²) in [6, 6.07) is 11.9. The van der Waals surface area contributed by atoms with E-state index in [4.69, 9.17) is 5.73 Å². The van der Waals surface area contributed by atoms with Crippen LogP contribution < -0.4 is 10.0 Å². The highest BCUT2D eigenvalue weighted by Crippen LogP contribution is 2.37. The van der Waals surface area contributed by atoms with Crippen molar-refractivity contribution in [2.24, 2.45) is 0 Å².